The van der Waals surface area contributed by atoms with Crippen LogP contribution in [0.3, 0.4) is 0 Å². The van der Waals surface area contributed by atoms with E-state index >= 15 is 0 Å². The molecule has 0 N–H and O–H groups in total. The van der Waals surface area contributed by atoms with E-state index in [0.717, 1.165) is 38.9 Å². The zero-order valence-electron chi connectivity index (χ0n) is 15.2. The van der Waals surface area contributed by atoms with Gasteiger partial charge in [-0.05, 0) is 32.9 Å². The summed E-state index contributed by atoms with van der Waals surface area (Å²) in [7, 11) is 2.20. The summed E-state index contributed by atoms with van der Waals surface area (Å²) < 4.78 is 5.85. The Morgan fingerprint density at radius 3 is 2.75 bits per heavy atom. The highest BCUT2D eigenvalue weighted by Gasteiger charge is 2.47. The van der Waals surface area contributed by atoms with Gasteiger partial charge < -0.3 is 4.74 Å². The minimum atomic E-state index is -0.357. The molecule has 2 fully saturated rings. The zero-order chi connectivity index (χ0) is 17.2. The van der Waals surface area contributed by atoms with Crippen LogP contribution in [-0.4, -0.2) is 53.7 Å². The van der Waals surface area contributed by atoms with Gasteiger partial charge in [0.15, 0.2) is 0 Å². The molecule has 2 atom stereocenters. The third kappa shape index (κ3) is 3.64. The SMILES string of the molecule is CN(Cc1ccccc1)C1CCN(C2(C#N)CCOC(C)(C)C2)C1. The average Bonchev–Trinajstić information content (AvgIpc) is 3.05. The first-order valence-corrected chi connectivity index (χ1v) is 8.99. The maximum absolute atomic E-state index is 9.93. The average molecular weight is 327 g/mol. The van der Waals surface area contributed by atoms with Crippen LogP contribution in [0.25, 0.3) is 0 Å². The topological polar surface area (TPSA) is 39.5 Å². The second kappa shape index (κ2) is 6.84. The number of likely N-dealkylation sites (tertiary alicyclic amines) is 1. The molecule has 2 heterocycles. The van der Waals surface area contributed by atoms with Crippen LogP contribution in [0.4, 0.5) is 0 Å². The molecule has 0 amide bonds. The predicted octanol–water partition coefficient (Wildman–Crippen LogP) is 3.04. The van der Waals surface area contributed by atoms with Gasteiger partial charge in [-0.25, -0.2) is 0 Å². The van der Waals surface area contributed by atoms with E-state index in [4.69, 9.17) is 4.74 Å². The highest BCUT2D eigenvalue weighted by atomic mass is 16.5. The van der Waals surface area contributed by atoms with Crippen molar-refractivity contribution in [3.63, 3.8) is 0 Å². The van der Waals surface area contributed by atoms with E-state index in [1.807, 2.05) is 0 Å². The van der Waals surface area contributed by atoms with Crippen LogP contribution >= 0.6 is 0 Å². The molecule has 4 nitrogen and oxygen atoms in total. The Balaban J connectivity index is 1.65. The number of rotatable bonds is 4. The van der Waals surface area contributed by atoms with Crippen LogP contribution in [0.15, 0.2) is 30.3 Å². The lowest BCUT2D eigenvalue weighted by Crippen LogP contribution is -2.55. The summed E-state index contributed by atoms with van der Waals surface area (Å²) >= 11 is 0. The van der Waals surface area contributed by atoms with Gasteiger partial charge in [0.1, 0.15) is 5.54 Å². The third-order valence-corrected chi connectivity index (χ3v) is 5.60. The Bertz CT molecular complexity index is 595. The number of likely N-dealkylation sites (N-methyl/N-ethyl adjacent to an activating group) is 1. The molecule has 3 rings (SSSR count). The van der Waals surface area contributed by atoms with E-state index in [0.29, 0.717) is 12.6 Å². The number of hydrogen-bond donors (Lipinski definition) is 0. The minimum absolute atomic E-state index is 0.206. The fourth-order valence-corrected chi connectivity index (χ4v) is 4.27. The molecular formula is C20H29N3O. The number of nitriles is 1. The van der Waals surface area contributed by atoms with Crippen molar-refractivity contribution < 1.29 is 4.74 Å². The molecule has 0 aliphatic carbocycles. The molecule has 0 aromatic heterocycles. The van der Waals surface area contributed by atoms with Crippen LogP contribution in [0.2, 0.25) is 0 Å². The molecule has 4 heteroatoms. The molecule has 2 unspecified atom stereocenters. The summed E-state index contributed by atoms with van der Waals surface area (Å²) in [5.41, 5.74) is 0.784. The van der Waals surface area contributed by atoms with E-state index in [-0.39, 0.29) is 11.1 Å². The maximum atomic E-state index is 9.93. The summed E-state index contributed by atoms with van der Waals surface area (Å²) in [6.07, 6.45) is 2.75. The molecule has 0 radical (unpaired) electrons. The second-order valence-electron chi connectivity index (χ2n) is 7.97. The van der Waals surface area contributed by atoms with Crippen LogP contribution in [0, 0.1) is 11.3 Å². The zero-order valence-corrected chi connectivity index (χ0v) is 15.2. The molecule has 0 spiro atoms. The molecular weight excluding hydrogens is 298 g/mol. The van der Waals surface area contributed by atoms with E-state index in [1.54, 1.807) is 0 Å². The Morgan fingerprint density at radius 2 is 2.08 bits per heavy atom. The molecule has 2 aliphatic rings. The van der Waals surface area contributed by atoms with Gasteiger partial charge in [-0.15, -0.1) is 0 Å². The lowest BCUT2D eigenvalue weighted by molar-refractivity contribution is -0.100. The molecule has 24 heavy (non-hydrogen) atoms. The van der Waals surface area contributed by atoms with Crippen LogP contribution in [-0.2, 0) is 11.3 Å². The third-order valence-electron chi connectivity index (χ3n) is 5.60. The number of hydrogen-bond acceptors (Lipinski definition) is 4. The summed E-state index contributed by atoms with van der Waals surface area (Å²) in [5, 5.41) is 9.93. The normalized spacial score (nSPS) is 30.4. The molecule has 1 aromatic carbocycles. The summed E-state index contributed by atoms with van der Waals surface area (Å²) in [6, 6.07) is 13.8. The fourth-order valence-electron chi connectivity index (χ4n) is 4.27. The van der Waals surface area contributed by atoms with E-state index in [1.165, 1.54) is 5.56 Å². The number of ether oxygens (including phenoxy) is 1. The smallest absolute Gasteiger partial charge is 0.114 e. The van der Waals surface area contributed by atoms with Gasteiger partial charge in [0.05, 0.1) is 18.3 Å². The van der Waals surface area contributed by atoms with Crippen molar-refractivity contribution in [2.75, 3.05) is 26.7 Å². The number of nitrogens with zero attached hydrogens (tertiary/aromatic N) is 3. The van der Waals surface area contributed by atoms with Crippen molar-refractivity contribution in [2.24, 2.45) is 0 Å². The molecule has 1 aromatic rings. The van der Waals surface area contributed by atoms with Gasteiger partial charge in [-0.2, -0.15) is 5.26 Å². The highest BCUT2D eigenvalue weighted by Crippen LogP contribution is 2.38. The van der Waals surface area contributed by atoms with E-state index in [2.05, 4.69) is 67.1 Å². The summed E-state index contributed by atoms with van der Waals surface area (Å²) in [6.45, 7) is 7.84. The first-order valence-electron chi connectivity index (χ1n) is 8.99. The van der Waals surface area contributed by atoms with Gasteiger partial charge in [-0.3, -0.25) is 9.80 Å². The standard InChI is InChI=1S/C20H29N3O/c1-19(2)15-20(16-21,10-12-24-19)23-11-9-18(14-23)22(3)13-17-7-5-4-6-8-17/h4-8,18H,9-15H2,1-3H3. The molecule has 130 valence electrons. The first-order chi connectivity index (χ1) is 11.4. The predicted molar refractivity (Wildman–Crippen MR) is 95.5 cm³/mol. The first kappa shape index (κ1) is 17.4. The Kier molecular flexibility index (Phi) is 4.96. The van der Waals surface area contributed by atoms with Gasteiger partial charge in [0.25, 0.3) is 0 Å². The molecule has 2 saturated heterocycles. The van der Waals surface area contributed by atoms with Gasteiger partial charge in [-0.1, -0.05) is 30.3 Å². The summed E-state index contributed by atoms with van der Waals surface area (Å²) in [4.78, 5) is 4.86. The van der Waals surface area contributed by atoms with Crippen molar-refractivity contribution in [1.29, 1.82) is 5.26 Å². The maximum Gasteiger partial charge on any atom is 0.114 e. The Hall–Kier alpha value is -1.41. The fraction of sp³-hybridized carbons (Fsp3) is 0.650. The Labute approximate surface area is 146 Å². The largest absolute Gasteiger partial charge is 0.375 e. The van der Waals surface area contributed by atoms with Gasteiger partial charge >= 0.3 is 0 Å². The van der Waals surface area contributed by atoms with Crippen LogP contribution in [0.5, 0.6) is 0 Å². The van der Waals surface area contributed by atoms with Crippen molar-refractivity contribution in [1.82, 2.24) is 9.80 Å². The molecule has 0 bridgehead atoms. The number of benzene rings is 1. The monoisotopic (exact) mass is 327 g/mol. The van der Waals surface area contributed by atoms with Crippen molar-refractivity contribution >= 4 is 0 Å². The lowest BCUT2D eigenvalue weighted by atomic mass is 9.81. The van der Waals surface area contributed by atoms with Crippen molar-refractivity contribution in [3.8, 4) is 6.07 Å². The minimum Gasteiger partial charge on any atom is -0.375 e. The second-order valence-corrected chi connectivity index (χ2v) is 7.97. The van der Waals surface area contributed by atoms with Crippen LogP contribution < -0.4 is 0 Å². The van der Waals surface area contributed by atoms with Gasteiger partial charge in [0, 0.05) is 38.5 Å². The van der Waals surface area contributed by atoms with Crippen molar-refractivity contribution in [3.05, 3.63) is 35.9 Å². The van der Waals surface area contributed by atoms with Crippen molar-refractivity contribution in [2.45, 2.75) is 56.8 Å². The lowest BCUT2D eigenvalue weighted by Gasteiger charge is -2.45. The van der Waals surface area contributed by atoms with Crippen LogP contribution in [0.1, 0.15) is 38.7 Å². The van der Waals surface area contributed by atoms with E-state index in [9.17, 15) is 5.26 Å². The van der Waals surface area contributed by atoms with E-state index < -0.39 is 0 Å². The quantitative estimate of drug-likeness (QED) is 0.852. The Morgan fingerprint density at radius 1 is 1.33 bits per heavy atom. The highest BCUT2D eigenvalue weighted by molar-refractivity contribution is 5.16. The molecule has 0 saturated carbocycles. The summed E-state index contributed by atoms with van der Waals surface area (Å²) in [5.74, 6) is 0. The van der Waals surface area contributed by atoms with Gasteiger partial charge in [0.2, 0.25) is 0 Å². The molecule has 2 aliphatic heterocycles.